The van der Waals surface area contributed by atoms with E-state index in [-0.39, 0.29) is 6.04 Å². The van der Waals surface area contributed by atoms with Gasteiger partial charge in [-0.25, -0.2) is 0 Å². The van der Waals surface area contributed by atoms with Crippen molar-refractivity contribution in [3.05, 3.63) is 0 Å². The van der Waals surface area contributed by atoms with Crippen LogP contribution in [-0.2, 0) is 4.79 Å². The molecule has 1 aliphatic carbocycles. The molecule has 3 heteroatoms. The number of likely N-dealkylation sites (N-methyl/N-ethyl adjacent to an activating group) is 1. The number of amides is 1. The lowest BCUT2D eigenvalue weighted by Gasteiger charge is -2.40. The van der Waals surface area contributed by atoms with Gasteiger partial charge in [-0.05, 0) is 37.6 Å². The van der Waals surface area contributed by atoms with Gasteiger partial charge >= 0.3 is 0 Å². The maximum absolute atomic E-state index is 12.4. The van der Waals surface area contributed by atoms with Gasteiger partial charge in [0.05, 0.1) is 6.04 Å². The molecule has 0 radical (unpaired) electrons. The van der Waals surface area contributed by atoms with Gasteiger partial charge in [-0.1, -0.05) is 33.6 Å². The lowest BCUT2D eigenvalue weighted by molar-refractivity contribution is -0.133. The van der Waals surface area contributed by atoms with Crippen molar-refractivity contribution >= 4 is 5.91 Å². The Morgan fingerprint density at radius 1 is 1.28 bits per heavy atom. The first-order valence-corrected chi connectivity index (χ1v) is 7.69. The highest BCUT2D eigenvalue weighted by atomic mass is 16.2. The van der Waals surface area contributed by atoms with E-state index in [0.29, 0.717) is 23.8 Å². The first kappa shape index (κ1) is 13.9. The number of nitrogens with one attached hydrogen (secondary N) is 1. The summed E-state index contributed by atoms with van der Waals surface area (Å²) in [5.41, 5.74) is 0. The van der Waals surface area contributed by atoms with Crippen LogP contribution >= 0.6 is 0 Å². The fourth-order valence-electron chi connectivity index (χ4n) is 3.77. The van der Waals surface area contributed by atoms with Crippen molar-refractivity contribution in [3.8, 4) is 0 Å². The van der Waals surface area contributed by atoms with Crippen LogP contribution in [0, 0.1) is 11.8 Å². The van der Waals surface area contributed by atoms with E-state index in [1.807, 2.05) is 0 Å². The third kappa shape index (κ3) is 2.71. The molecule has 2 rings (SSSR count). The number of carbonyl (C=O) groups is 1. The van der Waals surface area contributed by atoms with Crippen molar-refractivity contribution in [2.24, 2.45) is 11.8 Å². The number of hydrogen-bond donors (Lipinski definition) is 1. The molecule has 18 heavy (non-hydrogen) atoms. The van der Waals surface area contributed by atoms with E-state index >= 15 is 0 Å². The van der Waals surface area contributed by atoms with Crippen LogP contribution in [0.15, 0.2) is 0 Å². The highest BCUT2D eigenvalue weighted by Gasteiger charge is 2.40. The summed E-state index contributed by atoms with van der Waals surface area (Å²) in [6, 6.07) is 0.597. The van der Waals surface area contributed by atoms with E-state index in [9.17, 15) is 4.79 Å². The topological polar surface area (TPSA) is 32.3 Å². The maximum Gasteiger partial charge on any atom is 0.240 e. The molecule has 0 bridgehead atoms. The number of likely N-dealkylation sites (tertiary alicyclic amines) is 1. The molecule has 1 aliphatic heterocycles. The summed E-state index contributed by atoms with van der Waals surface area (Å²) in [7, 11) is 0. The fourth-order valence-corrected chi connectivity index (χ4v) is 3.77. The summed E-state index contributed by atoms with van der Waals surface area (Å²) in [6.07, 6.45) is 6.15. The van der Waals surface area contributed by atoms with Crippen LogP contribution in [-0.4, -0.2) is 36.0 Å². The molecule has 1 saturated carbocycles. The summed E-state index contributed by atoms with van der Waals surface area (Å²) in [5.74, 6) is 1.76. The highest BCUT2D eigenvalue weighted by Crippen LogP contribution is 2.35. The third-order valence-electron chi connectivity index (χ3n) is 4.73. The molecule has 1 heterocycles. The monoisotopic (exact) mass is 252 g/mol. The van der Waals surface area contributed by atoms with Crippen molar-refractivity contribution in [2.45, 2.75) is 65.0 Å². The van der Waals surface area contributed by atoms with Crippen molar-refractivity contribution in [2.75, 3.05) is 13.1 Å². The van der Waals surface area contributed by atoms with Gasteiger partial charge in [-0.15, -0.1) is 0 Å². The van der Waals surface area contributed by atoms with E-state index in [2.05, 4.69) is 31.0 Å². The summed E-state index contributed by atoms with van der Waals surface area (Å²) in [6.45, 7) is 8.55. The number of rotatable bonds is 4. The average molecular weight is 252 g/mol. The molecule has 2 aliphatic rings. The fraction of sp³-hybridized carbons (Fsp3) is 0.933. The molecular weight excluding hydrogens is 224 g/mol. The lowest BCUT2D eigenvalue weighted by atomic mass is 9.77. The van der Waals surface area contributed by atoms with Crippen molar-refractivity contribution in [3.63, 3.8) is 0 Å². The first-order valence-electron chi connectivity index (χ1n) is 7.69. The van der Waals surface area contributed by atoms with Crippen molar-refractivity contribution < 1.29 is 4.79 Å². The smallest absolute Gasteiger partial charge is 0.240 e. The van der Waals surface area contributed by atoms with Gasteiger partial charge in [0.25, 0.3) is 0 Å². The molecule has 3 atom stereocenters. The lowest BCUT2D eigenvalue weighted by Crippen LogP contribution is -2.48. The van der Waals surface area contributed by atoms with E-state index in [1.54, 1.807) is 0 Å². The minimum atomic E-state index is 0.0877. The van der Waals surface area contributed by atoms with E-state index in [1.165, 1.54) is 25.7 Å². The van der Waals surface area contributed by atoms with Gasteiger partial charge in [0, 0.05) is 12.6 Å². The van der Waals surface area contributed by atoms with Gasteiger partial charge in [-0.3, -0.25) is 4.79 Å². The number of carbonyl (C=O) groups excluding carboxylic acids is 1. The van der Waals surface area contributed by atoms with Crippen LogP contribution in [0.2, 0.25) is 0 Å². The molecule has 0 aromatic carbocycles. The molecule has 2 fully saturated rings. The third-order valence-corrected chi connectivity index (χ3v) is 4.73. The second-order valence-electron chi connectivity index (χ2n) is 6.19. The Labute approximate surface area is 111 Å². The number of nitrogens with zero attached hydrogens (tertiary/aromatic N) is 1. The van der Waals surface area contributed by atoms with E-state index in [0.717, 1.165) is 19.5 Å². The molecule has 1 N–H and O–H groups in total. The molecule has 1 amide bonds. The zero-order valence-electron chi connectivity index (χ0n) is 12.1. The second kappa shape index (κ2) is 6.05. The van der Waals surface area contributed by atoms with Gasteiger partial charge in [0.15, 0.2) is 0 Å². The van der Waals surface area contributed by atoms with Gasteiger partial charge in [0.2, 0.25) is 5.91 Å². The van der Waals surface area contributed by atoms with E-state index < -0.39 is 0 Å². The largest absolute Gasteiger partial charge is 0.338 e. The number of hydrogen-bond acceptors (Lipinski definition) is 2. The Bertz CT molecular complexity index is 290. The zero-order chi connectivity index (χ0) is 13.1. The minimum absolute atomic E-state index is 0.0877. The predicted octanol–water partition coefficient (Wildman–Crippen LogP) is 2.41. The molecule has 0 aromatic rings. The van der Waals surface area contributed by atoms with Crippen LogP contribution in [0.3, 0.4) is 0 Å². The van der Waals surface area contributed by atoms with Crippen LogP contribution in [0.25, 0.3) is 0 Å². The zero-order valence-corrected chi connectivity index (χ0v) is 12.1. The average Bonchev–Trinajstić information content (AvgIpc) is 2.72. The van der Waals surface area contributed by atoms with Crippen molar-refractivity contribution in [1.82, 2.24) is 10.2 Å². The van der Waals surface area contributed by atoms with Gasteiger partial charge in [0.1, 0.15) is 0 Å². The van der Waals surface area contributed by atoms with Gasteiger partial charge < -0.3 is 10.2 Å². The maximum atomic E-state index is 12.4. The van der Waals surface area contributed by atoms with Crippen LogP contribution in [0.4, 0.5) is 0 Å². The molecular formula is C15H28N2O. The molecule has 3 nitrogen and oxygen atoms in total. The highest BCUT2D eigenvalue weighted by molar-refractivity contribution is 5.84. The molecule has 1 saturated heterocycles. The van der Waals surface area contributed by atoms with Crippen LogP contribution < -0.4 is 5.32 Å². The minimum Gasteiger partial charge on any atom is -0.338 e. The Hall–Kier alpha value is -0.570. The quantitative estimate of drug-likeness (QED) is 0.833. The molecule has 3 unspecified atom stereocenters. The summed E-state index contributed by atoms with van der Waals surface area (Å²) < 4.78 is 0. The Morgan fingerprint density at radius 3 is 2.67 bits per heavy atom. The Kier molecular flexibility index (Phi) is 4.66. The summed E-state index contributed by atoms with van der Waals surface area (Å²) >= 11 is 0. The normalized spacial score (nSPS) is 33.4. The standard InChI is InChI=1S/C15H28N2O/c1-4-16-13-9-10-17(15(13)18)14-8-6-5-7-12(14)11(2)3/h11-14,16H,4-10H2,1-3H3. The molecule has 0 aromatic heterocycles. The Balaban J connectivity index is 2.03. The van der Waals surface area contributed by atoms with E-state index in [4.69, 9.17) is 0 Å². The SMILES string of the molecule is CCNC1CCN(C2CCCCC2C(C)C)C1=O. The van der Waals surface area contributed by atoms with Crippen LogP contribution in [0.5, 0.6) is 0 Å². The van der Waals surface area contributed by atoms with Crippen LogP contribution in [0.1, 0.15) is 52.9 Å². The predicted molar refractivity (Wildman–Crippen MR) is 74.4 cm³/mol. The molecule has 104 valence electrons. The summed E-state index contributed by atoms with van der Waals surface area (Å²) in [4.78, 5) is 14.6. The van der Waals surface area contributed by atoms with Crippen molar-refractivity contribution in [1.29, 1.82) is 0 Å². The first-order chi connectivity index (χ1) is 8.65. The summed E-state index contributed by atoms with van der Waals surface area (Å²) in [5, 5.41) is 3.32. The second-order valence-corrected chi connectivity index (χ2v) is 6.19. The molecule has 0 spiro atoms. The van der Waals surface area contributed by atoms with Gasteiger partial charge in [-0.2, -0.15) is 0 Å². The Morgan fingerprint density at radius 2 is 2.00 bits per heavy atom.